The lowest BCUT2D eigenvalue weighted by Gasteiger charge is -2.33. The Morgan fingerprint density at radius 2 is 1.84 bits per heavy atom. The van der Waals surface area contributed by atoms with Gasteiger partial charge in [-0.3, -0.25) is 4.21 Å². The van der Waals surface area contributed by atoms with Gasteiger partial charge in [-0.1, -0.05) is 12.1 Å². The van der Waals surface area contributed by atoms with E-state index in [1.165, 1.54) is 6.07 Å². The molecule has 0 radical (unpaired) electrons. The lowest BCUT2D eigenvalue weighted by atomic mass is 9.98. The molecule has 0 unspecified atom stereocenters. The van der Waals surface area contributed by atoms with Crippen LogP contribution in [0.15, 0.2) is 41.3 Å². The van der Waals surface area contributed by atoms with Gasteiger partial charge in [-0.25, -0.2) is 9.18 Å². The summed E-state index contributed by atoms with van der Waals surface area (Å²) in [5.74, 6) is 0.777. The number of hydrogen-bond acceptors (Lipinski definition) is 5. The number of carbonyl (C=O) groups is 1. The summed E-state index contributed by atoms with van der Waals surface area (Å²) in [6.07, 6.45) is 1.28. The van der Waals surface area contributed by atoms with E-state index in [-0.39, 0.29) is 23.7 Å². The maximum absolute atomic E-state index is 14.7. The van der Waals surface area contributed by atoms with Crippen LogP contribution in [0.3, 0.4) is 0 Å². The normalized spacial score (nSPS) is 18.8. The summed E-state index contributed by atoms with van der Waals surface area (Å²) in [6.45, 7) is 7.17. The molecule has 0 N–H and O–H groups in total. The predicted octanol–water partition coefficient (Wildman–Crippen LogP) is 4.98. The molecule has 2 aromatic carbocycles. The van der Waals surface area contributed by atoms with Crippen LogP contribution in [0.5, 0.6) is 11.5 Å². The van der Waals surface area contributed by atoms with Crippen molar-refractivity contribution in [2.24, 2.45) is 5.92 Å². The van der Waals surface area contributed by atoms with Crippen molar-refractivity contribution < 1.29 is 27.6 Å². The Morgan fingerprint density at radius 1 is 1.16 bits per heavy atom. The first kappa shape index (κ1) is 22.6. The Kier molecular flexibility index (Phi) is 6.42. The number of likely N-dealkylation sites (tertiary alicyclic amines) is 1. The van der Waals surface area contributed by atoms with Crippen molar-refractivity contribution in [2.75, 3.05) is 25.6 Å². The van der Waals surface area contributed by atoms with Gasteiger partial charge in [-0.05, 0) is 74.9 Å². The fraction of sp³-hybridized carbons (Fsp3) is 0.458. The molecular formula is C24H28FNO5S. The van der Waals surface area contributed by atoms with E-state index < -0.39 is 22.2 Å². The Hall–Kier alpha value is -2.61. The van der Waals surface area contributed by atoms with Gasteiger partial charge in [0.15, 0.2) is 17.5 Å². The van der Waals surface area contributed by atoms with Crippen LogP contribution in [-0.2, 0) is 15.5 Å². The molecule has 0 spiro atoms. The third kappa shape index (κ3) is 5.23. The number of amides is 1. The maximum atomic E-state index is 14.7. The lowest BCUT2D eigenvalue weighted by Crippen LogP contribution is -2.42. The molecule has 8 heteroatoms. The highest BCUT2D eigenvalue weighted by atomic mass is 32.2. The van der Waals surface area contributed by atoms with E-state index >= 15 is 0 Å². The van der Waals surface area contributed by atoms with Gasteiger partial charge < -0.3 is 19.1 Å². The second kappa shape index (κ2) is 9.10. The maximum Gasteiger partial charge on any atom is 0.410 e. The van der Waals surface area contributed by atoms with Crippen molar-refractivity contribution in [1.82, 2.24) is 4.90 Å². The number of carbonyl (C=O) groups excluding carboxylic acids is 1. The molecule has 0 saturated carbocycles. The Labute approximate surface area is 190 Å². The lowest BCUT2D eigenvalue weighted by molar-refractivity contribution is 0.0164. The van der Waals surface area contributed by atoms with Crippen LogP contribution in [-0.4, -0.2) is 46.4 Å². The summed E-state index contributed by atoms with van der Waals surface area (Å²) < 4.78 is 43.1. The van der Waals surface area contributed by atoms with Gasteiger partial charge in [-0.2, -0.15) is 0 Å². The zero-order valence-electron chi connectivity index (χ0n) is 18.6. The minimum atomic E-state index is -1.13. The van der Waals surface area contributed by atoms with Gasteiger partial charge in [0.05, 0.1) is 22.3 Å². The van der Waals surface area contributed by atoms with Crippen molar-refractivity contribution in [3.8, 4) is 22.6 Å². The molecule has 2 aromatic rings. The van der Waals surface area contributed by atoms with Crippen molar-refractivity contribution in [3.05, 3.63) is 42.2 Å². The van der Waals surface area contributed by atoms with Gasteiger partial charge in [0.1, 0.15) is 11.4 Å². The minimum absolute atomic E-state index is 0.163. The Morgan fingerprint density at radius 3 is 2.53 bits per heavy atom. The van der Waals surface area contributed by atoms with E-state index in [9.17, 15) is 13.4 Å². The third-order valence-corrected chi connectivity index (χ3v) is 6.68. The number of nitrogens with zero attached hydrogens (tertiary/aromatic N) is 1. The summed E-state index contributed by atoms with van der Waals surface area (Å²) in [6, 6.07) is 10.2. The van der Waals surface area contributed by atoms with E-state index in [0.717, 1.165) is 18.4 Å². The molecule has 172 valence electrons. The molecule has 6 nitrogen and oxygen atoms in total. The first-order chi connectivity index (χ1) is 15.2. The van der Waals surface area contributed by atoms with Crippen molar-refractivity contribution >= 4 is 16.9 Å². The van der Waals surface area contributed by atoms with E-state index in [4.69, 9.17) is 14.2 Å². The van der Waals surface area contributed by atoms with Crippen molar-refractivity contribution in [3.63, 3.8) is 0 Å². The SMILES string of the molecule is CC(C)(C)OC(=O)N1CCC(COc2ccc(-c3ccc4c(c3)OC[S@]4=O)cc2F)CC1. The summed E-state index contributed by atoms with van der Waals surface area (Å²) in [5.41, 5.74) is 0.985. The van der Waals surface area contributed by atoms with Gasteiger partial charge in [0, 0.05) is 13.1 Å². The van der Waals surface area contributed by atoms with Crippen molar-refractivity contribution in [1.29, 1.82) is 0 Å². The number of fused-ring (bicyclic) bond motifs is 1. The van der Waals surface area contributed by atoms with Gasteiger partial charge >= 0.3 is 6.09 Å². The van der Waals surface area contributed by atoms with Crippen LogP contribution in [0, 0.1) is 11.7 Å². The Bertz CT molecular complexity index is 1030. The predicted molar refractivity (Wildman–Crippen MR) is 120 cm³/mol. The molecule has 1 amide bonds. The van der Waals surface area contributed by atoms with Crippen LogP contribution >= 0.6 is 0 Å². The molecule has 0 aromatic heterocycles. The van der Waals surface area contributed by atoms with Gasteiger partial charge in [0.25, 0.3) is 0 Å². The fourth-order valence-corrected chi connectivity index (χ4v) is 4.71. The summed E-state index contributed by atoms with van der Waals surface area (Å²) in [5, 5.41) is 0. The largest absolute Gasteiger partial charge is 0.490 e. The number of benzene rings is 2. The molecule has 4 rings (SSSR count). The van der Waals surface area contributed by atoms with E-state index in [1.807, 2.05) is 26.8 Å². The highest BCUT2D eigenvalue weighted by molar-refractivity contribution is 7.85. The molecular weight excluding hydrogens is 433 g/mol. The summed E-state index contributed by atoms with van der Waals surface area (Å²) in [4.78, 5) is 14.6. The quantitative estimate of drug-likeness (QED) is 0.643. The number of ether oxygens (including phenoxy) is 3. The number of halogens is 1. The third-order valence-electron chi connectivity index (χ3n) is 5.52. The van der Waals surface area contributed by atoms with E-state index in [0.29, 0.717) is 35.9 Å². The van der Waals surface area contributed by atoms with Crippen LogP contribution in [0.25, 0.3) is 11.1 Å². The average molecular weight is 462 g/mol. The number of hydrogen-bond donors (Lipinski definition) is 0. The smallest absolute Gasteiger partial charge is 0.410 e. The topological polar surface area (TPSA) is 65.1 Å². The molecule has 2 aliphatic rings. The molecule has 1 atom stereocenters. The first-order valence-corrected chi connectivity index (χ1v) is 12.1. The van der Waals surface area contributed by atoms with E-state index in [1.54, 1.807) is 29.2 Å². The molecule has 2 heterocycles. The molecule has 0 bridgehead atoms. The zero-order chi connectivity index (χ0) is 22.9. The van der Waals surface area contributed by atoms with Crippen molar-refractivity contribution in [2.45, 2.75) is 44.1 Å². The fourth-order valence-electron chi connectivity index (χ4n) is 3.78. The molecule has 1 fully saturated rings. The van der Waals surface area contributed by atoms with Crippen LogP contribution in [0.4, 0.5) is 9.18 Å². The average Bonchev–Trinajstić information content (AvgIpc) is 3.12. The number of piperidine rings is 1. The monoisotopic (exact) mass is 461 g/mol. The molecule has 1 saturated heterocycles. The van der Waals surface area contributed by atoms with Crippen LogP contribution < -0.4 is 9.47 Å². The summed E-state index contributed by atoms with van der Waals surface area (Å²) in [7, 11) is -1.13. The molecule has 0 aliphatic carbocycles. The van der Waals surface area contributed by atoms with Gasteiger partial charge in [-0.15, -0.1) is 0 Å². The highest BCUT2D eigenvalue weighted by Crippen LogP contribution is 2.34. The molecule has 2 aliphatic heterocycles. The molecule has 32 heavy (non-hydrogen) atoms. The van der Waals surface area contributed by atoms with Crippen LogP contribution in [0.2, 0.25) is 0 Å². The highest BCUT2D eigenvalue weighted by Gasteiger charge is 2.27. The Balaban J connectivity index is 1.32. The first-order valence-electron chi connectivity index (χ1n) is 10.8. The second-order valence-electron chi connectivity index (χ2n) is 9.14. The van der Waals surface area contributed by atoms with E-state index in [2.05, 4.69) is 0 Å². The van der Waals surface area contributed by atoms with Crippen LogP contribution in [0.1, 0.15) is 33.6 Å². The minimum Gasteiger partial charge on any atom is -0.490 e. The standard InChI is InChI=1S/C24H28FNO5S/c1-24(2,3)31-23(27)26-10-8-16(9-11-26)14-29-20-6-4-17(12-19(20)25)18-5-7-22-21(13-18)30-15-32(22)28/h4-7,12-13,16H,8-11,14-15H2,1-3H3/t32-/m1/s1. The number of rotatable bonds is 4. The van der Waals surface area contributed by atoms with Gasteiger partial charge in [0.2, 0.25) is 0 Å². The zero-order valence-corrected chi connectivity index (χ0v) is 19.4. The summed E-state index contributed by atoms with van der Waals surface area (Å²) >= 11 is 0. The second-order valence-corrected chi connectivity index (χ2v) is 10.5.